The number of ether oxygens (including phenoxy) is 2. The molecular formula is C31H22F7N3O4. The van der Waals surface area contributed by atoms with Crippen LogP contribution >= 0.6 is 0 Å². The Bertz CT molecular complexity index is 1910. The molecule has 1 N–H and O–H groups in total. The van der Waals surface area contributed by atoms with Crippen molar-refractivity contribution < 1.29 is 50.1 Å². The molecule has 7 nitrogen and oxygen atoms in total. The van der Waals surface area contributed by atoms with Gasteiger partial charge in [0.15, 0.2) is 5.82 Å². The van der Waals surface area contributed by atoms with Gasteiger partial charge in [0, 0.05) is 42.8 Å². The third kappa shape index (κ3) is 6.60. The summed E-state index contributed by atoms with van der Waals surface area (Å²) in [7, 11) is 1.41. The van der Waals surface area contributed by atoms with Crippen LogP contribution in [0, 0.1) is 29.1 Å². The van der Waals surface area contributed by atoms with E-state index < -0.39 is 64.9 Å². The van der Waals surface area contributed by atoms with Gasteiger partial charge >= 0.3 is 5.97 Å². The fourth-order valence-electron chi connectivity index (χ4n) is 4.66. The number of benzene rings is 3. The minimum absolute atomic E-state index is 0.0862. The predicted molar refractivity (Wildman–Crippen MR) is 147 cm³/mol. The number of nitrogens with zero attached hydrogens (tertiary/aromatic N) is 3. The first-order valence-corrected chi connectivity index (χ1v) is 13.2. The number of fused-ring (bicyclic) bond motifs is 1. The molecule has 0 bridgehead atoms. The highest BCUT2D eigenvalue weighted by Crippen LogP contribution is 2.31. The second-order valence-corrected chi connectivity index (χ2v) is 9.82. The van der Waals surface area contributed by atoms with Crippen molar-refractivity contribution in [3.8, 4) is 17.1 Å². The molecule has 0 aliphatic rings. The van der Waals surface area contributed by atoms with Crippen LogP contribution in [0.1, 0.15) is 39.3 Å². The number of carboxylic acids is 1. The summed E-state index contributed by atoms with van der Waals surface area (Å²) in [4.78, 5) is 19.5. The molecule has 0 spiro atoms. The molecule has 0 fully saturated rings. The van der Waals surface area contributed by atoms with Gasteiger partial charge in [-0.2, -0.15) is 0 Å². The molecule has 3 aromatic carbocycles. The van der Waals surface area contributed by atoms with E-state index in [1.807, 2.05) is 0 Å². The molecule has 2 aromatic heterocycles. The molecule has 5 rings (SSSR count). The zero-order chi connectivity index (χ0) is 32.4. The number of aromatic carboxylic acids is 1. The van der Waals surface area contributed by atoms with Crippen LogP contribution in [0.25, 0.3) is 22.3 Å². The van der Waals surface area contributed by atoms with Crippen LogP contribution in [-0.2, 0) is 24.3 Å². The maximum Gasteiger partial charge on any atom is 0.335 e. The summed E-state index contributed by atoms with van der Waals surface area (Å²) in [6, 6.07) is 8.27. The van der Waals surface area contributed by atoms with E-state index in [1.54, 1.807) is 0 Å². The molecule has 14 heteroatoms. The van der Waals surface area contributed by atoms with Crippen molar-refractivity contribution in [2.45, 2.75) is 26.0 Å². The number of hydrogen-bond donors (Lipinski definition) is 1. The Hall–Kier alpha value is -4.98. The molecule has 0 radical (unpaired) electrons. The van der Waals surface area contributed by atoms with Crippen molar-refractivity contribution in [3.63, 3.8) is 0 Å². The highest BCUT2D eigenvalue weighted by Gasteiger charge is 2.22. The van der Waals surface area contributed by atoms with Crippen LogP contribution < -0.4 is 4.74 Å². The number of carboxylic acid groups (broad SMARTS) is 1. The summed E-state index contributed by atoms with van der Waals surface area (Å²) < 4.78 is 112. The zero-order valence-electron chi connectivity index (χ0n) is 23.3. The molecule has 0 unspecified atom stereocenters. The Kier molecular flexibility index (Phi) is 9.04. The van der Waals surface area contributed by atoms with Crippen LogP contribution in [0.2, 0.25) is 0 Å². The van der Waals surface area contributed by atoms with E-state index in [-0.39, 0.29) is 59.0 Å². The highest BCUT2D eigenvalue weighted by atomic mass is 19.3. The lowest BCUT2D eigenvalue weighted by Crippen LogP contribution is -2.10. The number of pyridine rings is 1. The molecule has 45 heavy (non-hydrogen) atoms. The molecule has 0 saturated carbocycles. The van der Waals surface area contributed by atoms with Gasteiger partial charge in [-0.15, -0.1) is 0 Å². The number of carbonyl (C=O) groups is 1. The molecule has 0 aliphatic heterocycles. The summed E-state index contributed by atoms with van der Waals surface area (Å²) in [5, 5.41) is 9.33. The van der Waals surface area contributed by atoms with Gasteiger partial charge < -0.3 is 19.1 Å². The Morgan fingerprint density at radius 2 is 1.62 bits per heavy atom. The van der Waals surface area contributed by atoms with E-state index >= 15 is 8.78 Å². The standard InChI is InChI=1S/C31H22F7N3O4/c1-44-7-6-41-25-11-18(31(42)43)10-24(36)29(25)39-26(41)12-17-9-23(35)19(13-22(17)34)28-20(32)4-5-27(40-28)45-14-16-3-2-15(30(37)38)8-21(16)33/h2-5,8-11,13,30H,6-7,12,14H2,1H3,(H,42,43). The van der Waals surface area contributed by atoms with Gasteiger partial charge in [-0.1, -0.05) is 12.1 Å². The third-order valence-electron chi connectivity index (χ3n) is 6.92. The van der Waals surface area contributed by atoms with Gasteiger partial charge in [-0.25, -0.2) is 45.5 Å². The average Bonchev–Trinajstić information content (AvgIpc) is 3.35. The SMILES string of the molecule is COCCn1c(Cc2cc(F)c(-c3nc(OCc4ccc(C(F)F)cc4F)ccc3F)cc2F)nc2c(F)cc(C(=O)O)cc21. The topological polar surface area (TPSA) is 86.5 Å². The Morgan fingerprint density at radius 3 is 2.31 bits per heavy atom. The monoisotopic (exact) mass is 633 g/mol. The number of halogens is 7. The lowest BCUT2D eigenvalue weighted by molar-refractivity contribution is 0.0696. The van der Waals surface area contributed by atoms with Crippen molar-refractivity contribution in [1.82, 2.24) is 14.5 Å². The van der Waals surface area contributed by atoms with Gasteiger partial charge in [-0.3, -0.25) is 0 Å². The quantitative estimate of drug-likeness (QED) is 0.154. The maximum absolute atomic E-state index is 15.4. The summed E-state index contributed by atoms with van der Waals surface area (Å²) in [5.74, 6) is -6.50. The molecule has 0 atom stereocenters. The van der Waals surface area contributed by atoms with Crippen molar-refractivity contribution >= 4 is 17.0 Å². The molecule has 0 saturated heterocycles. The summed E-state index contributed by atoms with van der Waals surface area (Å²) >= 11 is 0. The number of aromatic nitrogens is 3. The number of alkyl halides is 2. The predicted octanol–water partition coefficient (Wildman–Crippen LogP) is 7.25. The van der Waals surface area contributed by atoms with Crippen LogP contribution in [0.4, 0.5) is 30.7 Å². The van der Waals surface area contributed by atoms with E-state index in [4.69, 9.17) is 9.47 Å². The van der Waals surface area contributed by atoms with Crippen LogP contribution in [0.3, 0.4) is 0 Å². The van der Waals surface area contributed by atoms with Gasteiger partial charge in [0.25, 0.3) is 6.43 Å². The van der Waals surface area contributed by atoms with Crippen molar-refractivity contribution in [3.05, 3.63) is 112 Å². The Morgan fingerprint density at radius 1 is 0.867 bits per heavy atom. The smallest absolute Gasteiger partial charge is 0.335 e. The second-order valence-electron chi connectivity index (χ2n) is 9.82. The fraction of sp³-hybridized carbons (Fsp3) is 0.194. The zero-order valence-corrected chi connectivity index (χ0v) is 23.3. The van der Waals surface area contributed by atoms with Crippen molar-refractivity contribution in [1.29, 1.82) is 0 Å². The number of hydrogen-bond acceptors (Lipinski definition) is 5. The van der Waals surface area contributed by atoms with Crippen molar-refractivity contribution in [2.75, 3.05) is 13.7 Å². The van der Waals surface area contributed by atoms with E-state index in [9.17, 15) is 31.9 Å². The Labute approximate surface area is 250 Å². The van der Waals surface area contributed by atoms with E-state index in [2.05, 4.69) is 9.97 Å². The lowest BCUT2D eigenvalue weighted by Gasteiger charge is -2.12. The van der Waals surface area contributed by atoms with Crippen LogP contribution in [0.15, 0.2) is 54.6 Å². The highest BCUT2D eigenvalue weighted by molar-refractivity contribution is 5.92. The third-order valence-corrected chi connectivity index (χ3v) is 6.92. The molecule has 234 valence electrons. The van der Waals surface area contributed by atoms with E-state index in [1.165, 1.54) is 17.7 Å². The van der Waals surface area contributed by atoms with E-state index in [0.717, 1.165) is 36.4 Å². The number of imidazole rings is 1. The summed E-state index contributed by atoms with van der Waals surface area (Å²) in [5.41, 5.74) is -2.39. The fourth-order valence-corrected chi connectivity index (χ4v) is 4.66. The molecule has 0 aliphatic carbocycles. The van der Waals surface area contributed by atoms with Gasteiger partial charge in [-0.05, 0) is 42.0 Å². The second kappa shape index (κ2) is 12.9. The summed E-state index contributed by atoms with van der Waals surface area (Å²) in [6.07, 6.45) is -3.22. The molecule has 2 heterocycles. The van der Waals surface area contributed by atoms with Gasteiger partial charge in [0.1, 0.15) is 46.9 Å². The lowest BCUT2D eigenvalue weighted by atomic mass is 10.0. The molecule has 5 aromatic rings. The molecular weight excluding hydrogens is 611 g/mol. The van der Waals surface area contributed by atoms with Crippen molar-refractivity contribution in [2.24, 2.45) is 0 Å². The first-order chi connectivity index (χ1) is 21.5. The van der Waals surface area contributed by atoms with Gasteiger partial charge in [0.05, 0.1) is 17.7 Å². The molecule has 0 amide bonds. The first-order valence-electron chi connectivity index (χ1n) is 13.2. The first kappa shape index (κ1) is 31.4. The van der Waals surface area contributed by atoms with Crippen LogP contribution in [0.5, 0.6) is 5.88 Å². The average molecular weight is 634 g/mol. The number of rotatable bonds is 11. The summed E-state index contributed by atoms with van der Waals surface area (Å²) in [6.45, 7) is -0.263. The minimum atomic E-state index is -2.87. The Balaban J connectivity index is 1.44. The number of methoxy groups -OCH3 is 1. The van der Waals surface area contributed by atoms with Gasteiger partial charge in [0.2, 0.25) is 5.88 Å². The van der Waals surface area contributed by atoms with E-state index in [0.29, 0.717) is 12.1 Å². The minimum Gasteiger partial charge on any atom is -0.478 e. The maximum atomic E-state index is 15.4. The largest absolute Gasteiger partial charge is 0.478 e. The normalized spacial score (nSPS) is 11.5. The van der Waals surface area contributed by atoms with Crippen LogP contribution in [-0.4, -0.2) is 39.3 Å².